The zero-order chi connectivity index (χ0) is 17.1. The van der Waals surface area contributed by atoms with E-state index < -0.39 is 6.04 Å². The van der Waals surface area contributed by atoms with E-state index in [1.54, 1.807) is 7.11 Å². The van der Waals surface area contributed by atoms with Crippen LogP contribution in [0.15, 0.2) is 18.2 Å². The number of hydrogen-bond donors (Lipinski definition) is 1. The fraction of sp³-hybridized carbons (Fsp3) is 0.632. The molecule has 0 heterocycles. The molecule has 24 heavy (non-hydrogen) atoms. The van der Waals surface area contributed by atoms with Gasteiger partial charge in [0.1, 0.15) is 6.10 Å². The summed E-state index contributed by atoms with van der Waals surface area (Å²) in [6, 6.07) is 5.24. The van der Waals surface area contributed by atoms with E-state index in [1.165, 1.54) is 32.8 Å². The van der Waals surface area contributed by atoms with Gasteiger partial charge in [-0.05, 0) is 55.2 Å². The van der Waals surface area contributed by atoms with E-state index in [0.717, 1.165) is 23.7 Å². The molecule has 2 bridgehead atoms. The van der Waals surface area contributed by atoms with Crippen LogP contribution in [0, 0.1) is 11.8 Å². The molecule has 0 aliphatic heterocycles. The molecule has 2 saturated carbocycles. The predicted octanol–water partition coefficient (Wildman–Crippen LogP) is 3.22. The van der Waals surface area contributed by atoms with Gasteiger partial charge in [0.25, 0.3) is 0 Å². The van der Waals surface area contributed by atoms with Gasteiger partial charge in [-0.1, -0.05) is 12.5 Å². The third-order valence-electron chi connectivity index (χ3n) is 5.48. The molecule has 4 atom stereocenters. The van der Waals surface area contributed by atoms with Crippen molar-refractivity contribution >= 4 is 5.97 Å². The summed E-state index contributed by atoms with van der Waals surface area (Å²) >= 11 is 0. The standard InChI is InChI=1S/C19H27NO4/c1-22-17-8-6-13(15(20)11-19(21)23-2)10-18(17)24-16-7-4-12-3-5-14(16)9-12/h6,8,10,12,14-16H,3-5,7,9,11,20H2,1-2H3. The molecule has 3 rings (SSSR count). The second-order valence-electron chi connectivity index (χ2n) is 6.97. The third kappa shape index (κ3) is 3.66. The van der Waals surface area contributed by atoms with E-state index in [2.05, 4.69) is 0 Å². The summed E-state index contributed by atoms with van der Waals surface area (Å²) in [5.41, 5.74) is 6.99. The number of rotatable bonds is 6. The van der Waals surface area contributed by atoms with Crippen molar-refractivity contribution in [3.8, 4) is 11.5 Å². The SMILES string of the molecule is COC(=O)CC(N)c1ccc(OC)c(OC2CCC3CCC2C3)c1. The van der Waals surface area contributed by atoms with Gasteiger partial charge in [0.15, 0.2) is 11.5 Å². The van der Waals surface area contributed by atoms with Crippen molar-refractivity contribution in [3.63, 3.8) is 0 Å². The molecule has 1 aromatic carbocycles. The van der Waals surface area contributed by atoms with Gasteiger partial charge in [0.05, 0.1) is 20.6 Å². The molecule has 2 fully saturated rings. The lowest BCUT2D eigenvalue weighted by Crippen LogP contribution is -2.29. The molecule has 5 nitrogen and oxygen atoms in total. The van der Waals surface area contributed by atoms with E-state index in [0.29, 0.717) is 11.7 Å². The van der Waals surface area contributed by atoms with Gasteiger partial charge in [-0.25, -0.2) is 0 Å². The van der Waals surface area contributed by atoms with Crippen LogP contribution in [0.2, 0.25) is 0 Å². The molecule has 5 heteroatoms. The number of carbonyl (C=O) groups is 1. The molecule has 0 saturated heterocycles. The zero-order valence-electron chi connectivity index (χ0n) is 14.5. The molecule has 0 spiro atoms. The van der Waals surface area contributed by atoms with Gasteiger partial charge < -0.3 is 19.9 Å². The summed E-state index contributed by atoms with van der Waals surface area (Å²) in [4.78, 5) is 11.4. The Balaban J connectivity index is 1.75. The minimum atomic E-state index is -0.409. The van der Waals surface area contributed by atoms with Crippen molar-refractivity contribution in [1.82, 2.24) is 0 Å². The number of hydrogen-bond acceptors (Lipinski definition) is 5. The summed E-state index contributed by atoms with van der Waals surface area (Å²) in [5.74, 6) is 2.68. The van der Waals surface area contributed by atoms with Gasteiger partial charge >= 0.3 is 5.97 Å². The highest BCUT2D eigenvalue weighted by atomic mass is 16.5. The number of benzene rings is 1. The van der Waals surface area contributed by atoms with E-state index in [1.807, 2.05) is 18.2 Å². The first kappa shape index (κ1) is 17.1. The first-order chi connectivity index (χ1) is 11.6. The van der Waals surface area contributed by atoms with Crippen molar-refractivity contribution in [2.45, 2.75) is 50.7 Å². The van der Waals surface area contributed by atoms with E-state index in [-0.39, 0.29) is 18.5 Å². The van der Waals surface area contributed by atoms with E-state index >= 15 is 0 Å². The maximum absolute atomic E-state index is 11.4. The Kier molecular flexibility index (Phi) is 5.29. The Morgan fingerprint density at radius 3 is 2.75 bits per heavy atom. The zero-order valence-corrected chi connectivity index (χ0v) is 14.5. The molecule has 2 N–H and O–H groups in total. The Morgan fingerprint density at radius 2 is 2.00 bits per heavy atom. The van der Waals surface area contributed by atoms with Crippen LogP contribution in [0.25, 0.3) is 0 Å². The molecule has 0 radical (unpaired) electrons. The number of carbonyl (C=O) groups excluding carboxylic acids is 1. The first-order valence-electron chi connectivity index (χ1n) is 8.77. The average Bonchev–Trinajstić information content (AvgIpc) is 2.99. The molecule has 1 aromatic rings. The molecular formula is C19H27NO4. The van der Waals surface area contributed by atoms with Crippen molar-refractivity contribution in [3.05, 3.63) is 23.8 Å². The minimum Gasteiger partial charge on any atom is -0.493 e. The number of ether oxygens (including phenoxy) is 3. The minimum absolute atomic E-state index is 0.149. The van der Waals surface area contributed by atoms with Gasteiger partial charge in [0.2, 0.25) is 0 Å². The summed E-state index contributed by atoms with van der Waals surface area (Å²) in [7, 11) is 3.01. The lowest BCUT2D eigenvalue weighted by atomic mass is 9.87. The molecule has 2 aliphatic carbocycles. The van der Waals surface area contributed by atoms with Crippen LogP contribution in [0.3, 0.4) is 0 Å². The average molecular weight is 333 g/mol. The number of nitrogens with two attached hydrogens (primary N) is 1. The fourth-order valence-corrected chi connectivity index (χ4v) is 4.06. The number of fused-ring (bicyclic) bond motifs is 2. The quantitative estimate of drug-likeness (QED) is 0.809. The van der Waals surface area contributed by atoms with Crippen LogP contribution >= 0.6 is 0 Å². The second-order valence-corrected chi connectivity index (χ2v) is 6.97. The summed E-state index contributed by atoms with van der Waals surface area (Å²) < 4.78 is 16.5. The Labute approximate surface area is 143 Å². The monoisotopic (exact) mass is 333 g/mol. The van der Waals surface area contributed by atoms with Gasteiger partial charge in [-0.3, -0.25) is 4.79 Å². The third-order valence-corrected chi connectivity index (χ3v) is 5.48. The topological polar surface area (TPSA) is 70.8 Å². The summed E-state index contributed by atoms with van der Waals surface area (Å²) in [5, 5.41) is 0. The molecule has 4 unspecified atom stereocenters. The van der Waals surface area contributed by atoms with Crippen LogP contribution < -0.4 is 15.2 Å². The van der Waals surface area contributed by atoms with Crippen LogP contribution in [-0.4, -0.2) is 26.3 Å². The largest absolute Gasteiger partial charge is 0.493 e. The molecular weight excluding hydrogens is 306 g/mol. The molecule has 0 amide bonds. The van der Waals surface area contributed by atoms with Crippen LogP contribution in [0.4, 0.5) is 0 Å². The smallest absolute Gasteiger partial charge is 0.307 e. The summed E-state index contributed by atoms with van der Waals surface area (Å²) in [6.45, 7) is 0. The Hall–Kier alpha value is -1.75. The molecule has 132 valence electrons. The first-order valence-corrected chi connectivity index (χ1v) is 8.77. The number of methoxy groups -OCH3 is 2. The van der Waals surface area contributed by atoms with Crippen molar-refractivity contribution in [1.29, 1.82) is 0 Å². The Bertz CT molecular complexity index is 589. The maximum Gasteiger partial charge on any atom is 0.307 e. The second kappa shape index (κ2) is 7.43. The molecule has 2 aliphatic rings. The highest BCUT2D eigenvalue weighted by Crippen LogP contribution is 2.44. The van der Waals surface area contributed by atoms with Crippen LogP contribution in [0.5, 0.6) is 11.5 Å². The lowest BCUT2D eigenvalue weighted by Gasteiger charge is -2.30. The van der Waals surface area contributed by atoms with Crippen molar-refractivity contribution < 1.29 is 19.0 Å². The predicted molar refractivity (Wildman–Crippen MR) is 91.0 cm³/mol. The lowest BCUT2D eigenvalue weighted by molar-refractivity contribution is -0.141. The van der Waals surface area contributed by atoms with Crippen molar-refractivity contribution in [2.75, 3.05) is 14.2 Å². The van der Waals surface area contributed by atoms with Crippen LogP contribution in [-0.2, 0) is 9.53 Å². The normalized spacial score (nSPS) is 26.7. The van der Waals surface area contributed by atoms with E-state index in [4.69, 9.17) is 19.9 Å². The van der Waals surface area contributed by atoms with E-state index in [9.17, 15) is 4.79 Å². The van der Waals surface area contributed by atoms with Gasteiger partial charge in [-0.15, -0.1) is 0 Å². The maximum atomic E-state index is 11.4. The van der Waals surface area contributed by atoms with Gasteiger partial charge in [-0.2, -0.15) is 0 Å². The fourth-order valence-electron chi connectivity index (χ4n) is 4.06. The highest BCUT2D eigenvalue weighted by molar-refractivity contribution is 5.70. The molecule has 0 aromatic heterocycles. The summed E-state index contributed by atoms with van der Waals surface area (Å²) in [6.07, 6.45) is 6.65. The van der Waals surface area contributed by atoms with Crippen LogP contribution in [0.1, 0.15) is 50.1 Å². The van der Waals surface area contributed by atoms with Crippen molar-refractivity contribution in [2.24, 2.45) is 17.6 Å². The number of esters is 1. The Morgan fingerprint density at radius 1 is 1.21 bits per heavy atom. The van der Waals surface area contributed by atoms with Gasteiger partial charge in [0, 0.05) is 6.04 Å². The highest BCUT2D eigenvalue weighted by Gasteiger charge is 2.37.